The number of aliphatic carboxylic acids is 1. The van der Waals surface area contributed by atoms with Gasteiger partial charge in [-0.1, -0.05) is 0 Å². The molecule has 1 aromatic rings. The number of benzene rings is 1. The number of anilines is 2. The van der Waals surface area contributed by atoms with Gasteiger partial charge in [-0.05, 0) is 44.5 Å². The summed E-state index contributed by atoms with van der Waals surface area (Å²) in [6.07, 6.45) is 1.81. The average Bonchev–Trinajstić information content (AvgIpc) is 2.41. The van der Waals surface area contributed by atoms with Crippen LogP contribution < -0.4 is 10.2 Å². The number of hydrogen-bond acceptors (Lipinski definition) is 3. The summed E-state index contributed by atoms with van der Waals surface area (Å²) in [5.41, 5.74) is 2.72. The Labute approximate surface area is 118 Å². The van der Waals surface area contributed by atoms with E-state index in [2.05, 4.69) is 24.1 Å². The second kappa shape index (κ2) is 7.33. The number of carbonyl (C=O) groups excluding carboxylic acids is 1. The molecule has 0 spiro atoms. The second-order valence-corrected chi connectivity index (χ2v) is 4.33. The molecule has 0 aliphatic carbocycles. The first-order chi connectivity index (χ1) is 9.47. The van der Waals surface area contributed by atoms with Crippen LogP contribution in [0.25, 0.3) is 0 Å². The fourth-order valence-corrected chi connectivity index (χ4v) is 1.89. The van der Waals surface area contributed by atoms with Crippen molar-refractivity contribution in [1.29, 1.82) is 0 Å². The fraction of sp³-hybridized carbons (Fsp3) is 0.333. The van der Waals surface area contributed by atoms with E-state index in [1.807, 2.05) is 25.1 Å². The zero-order chi connectivity index (χ0) is 15.1. The third-order valence-corrected chi connectivity index (χ3v) is 2.97. The Bertz CT molecular complexity index is 520. The summed E-state index contributed by atoms with van der Waals surface area (Å²) in [6.45, 7) is 7.92. The van der Waals surface area contributed by atoms with E-state index in [1.54, 1.807) is 0 Å². The lowest BCUT2D eigenvalue weighted by molar-refractivity contribution is -0.131. The minimum Gasteiger partial charge on any atom is -0.478 e. The predicted octanol–water partition coefficient (Wildman–Crippen LogP) is 2.42. The maximum Gasteiger partial charge on any atom is 0.328 e. The van der Waals surface area contributed by atoms with Crippen molar-refractivity contribution in [3.05, 3.63) is 35.9 Å². The highest BCUT2D eigenvalue weighted by Crippen LogP contribution is 2.22. The molecule has 108 valence electrons. The maximum absolute atomic E-state index is 11.5. The molecule has 0 aliphatic heterocycles. The van der Waals surface area contributed by atoms with Crippen LogP contribution >= 0.6 is 0 Å². The van der Waals surface area contributed by atoms with Crippen molar-refractivity contribution >= 4 is 23.3 Å². The summed E-state index contributed by atoms with van der Waals surface area (Å²) in [7, 11) is 0. The zero-order valence-electron chi connectivity index (χ0n) is 12.0. The molecular formula is C15H20N2O3. The summed E-state index contributed by atoms with van der Waals surface area (Å²) >= 11 is 0. The molecule has 0 radical (unpaired) electrons. The largest absolute Gasteiger partial charge is 0.478 e. The SMILES string of the molecule is CCN(CC)c1ccc(NC(=O)/C=C\C(=O)O)c(C)c1. The van der Waals surface area contributed by atoms with Crippen molar-refractivity contribution in [1.82, 2.24) is 0 Å². The number of nitrogens with one attached hydrogen (secondary N) is 1. The minimum absolute atomic E-state index is 0.453. The molecule has 0 fully saturated rings. The van der Waals surface area contributed by atoms with Gasteiger partial charge in [0.2, 0.25) is 5.91 Å². The first-order valence-electron chi connectivity index (χ1n) is 6.55. The van der Waals surface area contributed by atoms with Gasteiger partial charge in [-0.3, -0.25) is 4.79 Å². The topological polar surface area (TPSA) is 69.6 Å². The van der Waals surface area contributed by atoms with E-state index in [1.165, 1.54) is 0 Å². The molecule has 0 saturated carbocycles. The molecule has 1 rings (SSSR count). The van der Waals surface area contributed by atoms with Crippen LogP contribution in [0.2, 0.25) is 0 Å². The van der Waals surface area contributed by atoms with Gasteiger partial charge in [0.15, 0.2) is 0 Å². The van der Waals surface area contributed by atoms with Crippen molar-refractivity contribution < 1.29 is 14.7 Å². The quantitative estimate of drug-likeness (QED) is 0.783. The second-order valence-electron chi connectivity index (χ2n) is 4.33. The fourth-order valence-electron chi connectivity index (χ4n) is 1.89. The van der Waals surface area contributed by atoms with Crippen molar-refractivity contribution in [2.45, 2.75) is 20.8 Å². The molecule has 0 aliphatic rings. The monoisotopic (exact) mass is 276 g/mol. The molecule has 1 amide bonds. The third kappa shape index (κ3) is 4.42. The normalized spacial score (nSPS) is 10.6. The molecule has 20 heavy (non-hydrogen) atoms. The lowest BCUT2D eigenvalue weighted by atomic mass is 10.1. The van der Waals surface area contributed by atoms with E-state index in [-0.39, 0.29) is 0 Å². The average molecular weight is 276 g/mol. The molecule has 1 aromatic carbocycles. The molecule has 0 atom stereocenters. The van der Waals surface area contributed by atoms with Gasteiger partial charge in [0.25, 0.3) is 0 Å². The van der Waals surface area contributed by atoms with Gasteiger partial charge in [0.05, 0.1) is 0 Å². The summed E-state index contributed by atoms with van der Waals surface area (Å²) in [5.74, 6) is -1.60. The van der Waals surface area contributed by atoms with E-state index < -0.39 is 11.9 Å². The van der Waals surface area contributed by atoms with E-state index in [9.17, 15) is 9.59 Å². The van der Waals surface area contributed by atoms with Crippen LogP contribution in [0.4, 0.5) is 11.4 Å². The number of carbonyl (C=O) groups is 2. The molecule has 0 unspecified atom stereocenters. The summed E-state index contributed by atoms with van der Waals surface area (Å²) in [6, 6.07) is 5.77. The standard InChI is InChI=1S/C15H20N2O3/c1-4-17(5-2)12-6-7-13(11(3)10-12)16-14(18)8-9-15(19)20/h6-10H,4-5H2,1-3H3,(H,16,18)(H,19,20)/b9-8-. The minimum atomic E-state index is -1.14. The number of hydrogen-bond donors (Lipinski definition) is 2. The van der Waals surface area contributed by atoms with Crippen molar-refractivity contribution in [2.24, 2.45) is 0 Å². The summed E-state index contributed by atoms with van der Waals surface area (Å²) in [4.78, 5) is 24.1. The number of nitrogens with zero attached hydrogens (tertiary/aromatic N) is 1. The maximum atomic E-state index is 11.5. The van der Waals surface area contributed by atoms with E-state index in [0.717, 1.165) is 36.5 Å². The Balaban J connectivity index is 2.83. The first-order valence-corrected chi connectivity index (χ1v) is 6.55. The molecular weight excluding hydrogens is 256 g/mol. The van der Waals surface area contributed by atoms with Crippen LogP contribution in [-0.4, -0.2) is 30.1 Å². The van der Waals surface area contributed by atoms with Crippen LogP contribution in [0.15, 0.2) is 30.4 Å². The van der Waals surface area contributed by atoms with E-state index in [0.29, 0.717) is 5.69 Å². The number of amides is 1. The smallest absolute Gasteiger partial charge is 0.328 e. The molecule has 0 bridgehead atoms. The van der Waals surface area contributed by atoms with Crippen LogP contribution in [-0.2, 0) is 9.59 Å². The highest BCUT2D eigenvalue weighted by Gasteiger charge is 2.06. The Morgan fingerprint density at radius 3 is 2.40 bits per heavy atom. The van der Waals surface area contributed by atoms with Crippen molar-refractivity contribution in [3.63, 3.8) is 0 Å². The number of rotatable bonds is 6. The van der Waals surface area contributed by atoms with Gasteiger partial charge in [0.1, 0.15) is 0 Å². The van der Waals surface area contributed by atoms with Crippen LogP contribution in [0.5, 0.6) is 0 Å². The van der Waals surface area contributed by atoms with Crippen LogP contribution in [0.1, 0.15) is 19.4 Å². The van der Waals surface area contributed by atoms with Gasteiger partial charge in [-0.15, -0.1) is 0 Å². The molecule has 0 heterocycles. The number of carboxylic acid groups (broad SMARTS) is 1. The van der Waals surface area contributed by atoms with Gasteiger partial charge in [0, 0.05) is 36.6 Å². The third-order valence-electron chi connectivity index (χ3n) is 2.97. The molecule has 0 saturated heterocycles. The number of carboxylic acids is 1. The van der Waals surface area contributed by atoms with Gasteiger partial charge in [-0.25, -0.2) is 4.79 Å². The Kier molecular flexibility index (Phi) is 5.77. The lowest BCUT2D eigenvalue weighted by Crippen LogP contribution is -2.22. The van der Waals surface area contributed by atoms with Gasteiger partial charge < -0.3 is 15.3 Å². The van der Waals surface area contributed by atoms with Crippen LogP contribution in [0, 0.1) is 6.92 Å². The Morgan fingerprint density at radius 2 is 1.90 bits per heavy atom. The highest BCUT2D eigenvalue weighted by molar-refractivity contribution is 6.02. The lowest BCUT2D eigenvalue weighted by Gasteiger charge is -2.22. The van der Waals surface area contributed by atoms with Crippen LogP contribution in [0.3, 0.4) is 0 Å². The summed E-state index contributed by atoms with van der Waals surface area (Å²) < 4.78 is 0. The van der Waals surface area contributed by atoms with E-state index in [4.69, 9.17) is 5.11 Å². The number of aryl methyl sites for hydroxylation is 1. The summed E-state index contributed by atoms with van der Waals surface area (Å²) in [5, 5.41) is 11.1. The predicted molar refractivity (Wildman–Crippen MR) is 80.1 cm³/mol. The molecule has 0 aromatic heterocycles. The molecule has 5 heteroatoms. The molecule has 2 N–H and O–H groups in total. The van der Waals surface area contributed by atoms with Crippen molar-refractivity contribution in [3.8, 4) is 0 Å². The molecule has 5 nitrogen and oxygen atoms in total. The van der Waals surface area contributed by atoms with Crippen molar-refractivity contribution in [2.75, 3.05) is 23.3 Å². The van der Waals surface area contributed by atoms with Gasteiger partial charge >= 0.3 is 5.97 Å². The Hall–Kier alpha value is -2.30. The Morgan fingerprint density at radius 1 is 1.25 bits per heavy atom. The van der Waals surface area contributed by atoms with E-state index >= 15 is 0 Å². The zero-order valence-corrected chi connectivity index (χ0v) is 12.0. The highest BCUT2D eigenvalue weighted by atomic mass is 16.4. The first kappa shape index (κ1) is 15.8. The van der Waals surface area contributed by atoms with Gasteiger partial charge in [-0.2, -0.15) is 0 Å².